The molecule has 7 nitrogen and oxygen atoms in total. The highest BCUT2D eigenvalue weighted by Gasteiger charge is 2.17. The molecule has 0 saturated carbocycles. The first kappa shape index (κ1) is 18.5. The largest absolute Gasteiger partial charge is 0.454 e. The zero-order chi connectivity index (χ0) is 19.8. The van der Waals surface area contributed by atoms with Crippen LogP contribution in [0.4, 0.5) is 0 Å². The van der Waals surface area contributed by atoms with Gasteiger partial charge in [-0.25, -0.2) is 4.98 Å². The van der Waals surface area contributed by atoms with Crippen LogP contribution < -0.4 is 20.3 Å². The van der Waals surface area contributed by atoms with Crippen LogP contribution in [0.25, 0.3) is 10.2 Å². The molecule has 1 atom stereocenters. The van der Waals surface area contributed by atoms with Gasteiger partial charge in [0.15, 0.2) is 11.5 Å². The number of nitrogens with zero attached hydrogens (tertiary/aromatic N) is 2. The Morgan fingerprint density at radius 2 is 2.11 bits per heavy atom. The van der Waals surface area contributed by atoms with Crippen LogP contribution in [0.1, 0.15) is 35.4 Å². The lowest BCUT2D eigenvalue weighted by atomic mass is 10.1. The Balaban J connectivity index is 1.42. The van der Waals surface area contributed by atoms with Crippen molar-refractivity contribution in [3.63, 3.8) is 0 Å². The summed E-state index contributed by atoms with van der Waals surface area (Å²) < 4.78 is 12.2. The Labute approximate surface area is 165 Å². The number of amides is 1. The van der Waals surface area contributed by atoms with E-state index >= 15 is 0 Å². The molecule has 28 heavy (non-hydrogen) atoms. The quantitative estimate of drug-likeness (QED) is 0.713. The topological polar surface area (TPSA) is 82.5 Å². The summed E-state index contributed by atoms with van der Waals surface area (Å²) >= 11 is 1.52. The zero-order valence-electron chi connectivity index (χ0n) is 15.9. The molecule has 0 radical (unpaired) electrons. The van der Waals surface area contributed by atoms with E-state index in [4.69, 9.17) is 9.47 Å². The number of hydrogen-bond acceptors (Lipinski definition) is 6. The van der Waals surface area contributed by atoms with Gasteiger partial charge in [-0.05, 0) is 44.0 Å². The molecule has 1 aliphatic rings. The number of fused-ring (bicyclic) bond motifs is 2. The number of benzene rings is 1. The molecule has 3 aromatic rings. The van der Waals surface area contributed by atoms with Gasteiger partial charge in [-0.15, -0.1) is 11.3 Å². The normalized spacial score (nSPS) is 13.7. The van der Waals surface area contributed by atoms with Crippen LogP contribution in [0.5, 0.6) is 11.5 Å². The van der Waals surface area contributed by atoms with Crippen molar-refractivity contribution in [2.75, 3.05) is 6.79 Å². The van der Waals surface area contributed by atoms with E-state index in [0.29, 0.717) is 16.9 Å². The number of carbonyl (C=O) groups excluding carboxylic acids is 1. The van der Waals surface area contributed by atoms with Gasteiger partial charge in [-0.1, -0.05) is 6.07 Å². The lowest BCUT2D eigenvalue weighted by molar-refractivity contribution is -0.121. The number of ether oxygens (including phenoxy) is 2. The van der Waals surface area contributed by atoms with E-state index in [-0.39, 0.29) is 37.3 Å². The first-order valence-corrected chi connectivity index (χ1v) is 9.89. The third-order valence-corrected chi connectivity index (χ3v) is 6.12. The van der Waals surface area contributed by atoms with Crippen LogP contribution in [0.2, 0.25) is 0 Å². The van der Waals surface area contributed by atoms with E-state index in [2.05, 4.69) is 10.3 Å². The second-order valence-corrected chi connectivity index (χ2v) is 8.06. The molecule has 0 saturated heterocycles. The summed E-state index contributed by atoms with van der Waals surface area (Å²) in [5.74, 6) is 1.27. The fourth-order valence-electron chi connectivity index (χ4n) is 3.23. The number of aromatic nitrogens is 2. The molecular weight excluding hydrogens is 378 g/mol. The Morgan fingerprint density at radius 3 is 2.93 bits per heavy atom. The third kappa shape index (κ3) is 3.35. The predicted molar refractivity (Wildman–Crippen MR) is 107 cm³/mol. The number of hydrogen-bond donors (Lipinski definition) is 1. The van der Waals surface area contributed by atoms with Crippen molar-refractivity contribution >= 4 is 27.5 Å². The van der Waals surface area contributed by atoms with Gasteiger partial charge in [0.25, 0.3) is 5.56 Å². The molecule has 1 amide bonds. The minimum atomic E-state index is -0.180. The highest BCUT2D eigenvalue weighted by atomic mass is 32.1. The monoisotopic (exact) mass is 399 g/mol. The lowest BCUT2D eigenvalue weighted by Crippen LogP contribution is -2.29. The van der Waals surface area contributed by atoms with E-state index in [0.717, 1.165) is 20.8 Å². The van der Waals surface area contributed by atoms with Crippen molar-refractivity contribution in [1.82, 2.24) is 14.9 Å². The van der Waals surface area contributed by atoms with Gasteiger partial charge < -0.3 is 14.8 Å². The first-order valence-electron chi connectivity index (χ1n) is 9.08. The summed E-state index contributed by atoms with van der Waals surface area (Å²) in [6.07, 6.45) is 1.72. The Morgan fingerprint density at radius 1 is 1.32 bits per heavy atom. The van der Waals surface area contributed by atoms with Crippen molar-refractivity contribution in [2.24, 2.45) is 0 Å². The summed E-state index contributed by atoms with van der Waals surface area (Å²) in [5.41, 5.74) is 1.80. The standard InChI is InChI=1S/C20H21N3O4S/c1-11-13(3)28-19-18(11)20(25)23(9-21-19)7-6-17(24)22-12(2)14-4-5-15-16(8-14)27-10-26-15/h4-5,8-9,12H,6-7,10H2,1-3H3,(H,22,24). The molecule has 146 valence electrons. The summed E-state index contributed by atoms with van der Waals surface area (Å²) in [6, 6.07) is 5.44. The van der Waals surface area contributed by atoms with Crippen LogP contribution in [-0.2, 0) is 11.3 Å². The molecule has 0 aliphatic carbocycles. The second kappa shape index (κ2) is 7.27. The molecule has 4 rings (SSSR count). The van der Waals surface area contributed by atoms with E-state index in [1.807, 2.05) is 39.0 Å². The van der Waals surface area contributed by atoms with Crippen LogP contribution in [-0.4, -0.2) is 22.3 Å². The Kier molecular flexibility index (Phi) is 4.80. The molecule has 1 unspecified atom stereocenters. The molecular formula is C20H21N3O4S. The number of carbonyl (C=O) groups is 1. The maximum absolute atomic E-state index is 12.7. The van der Waals surface area contributed by atoms with Crippen molar-refractivity contribution in [1.29, 1.82) is 0 Å². The second-order valence-electron chi connectivity index (χ2n) is 6.86. The molecule has 1 aromatic carbocycles. The summed E-state index contributed by atoms with van der Waals surface area (Å²) in [4.78, 5) is 31.3. The van der Waals surface area contributed by atoms with Crippen molar-refractivity contribution in [3.8, 4) is 11.5 Å². The summed E-state index contributed by atoms with van der Waals surface area (Å²) in [5, 5.41) is 3.61. The maximum Gasteiger partial charge on any atom is 0.262 e. The fraction of sp³-hybridized carbons (Fsp3) is 0.350. The molecule has 0 bridgehead atoms. The highest BCUT2D eigenvalue weighted by Crippen LogP contribution is 2.34. The molecule has 3 heterocycles. The van der Waals surface area contributed by atoms with Crippen LogP contribution in [0, 0.1) is 13.8 Å². The minimum absolute atomic E-state index is 0.0940. The van der Waals surface area contributed by atoms with Crippen molar-refractivity contribution in [3.05, 3.63) is 50.9 Å². The molecule has 2 aromatic heterocycles. The first-order chi connectivity index (χ1) is 13.4. The predicted octanol–water partition coefficient (Wildman–Crippen LogP) is 3.07. The zero-order valence-corrected chi connectivity index (χ0v) is 16.8. The molecule has 8 heteroatoms. The summed E-state index contributed by atoms with van der Waals surface area (Å²) in [6.45, 7) is 6.33. The minimum Gasteiger partial charge on any atom is -0.454 e. The van der Waals surface area contributed by atoms with Crippen LogP contribution >= 0.6 is 11.3 Å². The molecule has 1 aliphatic heterocycles. The van der Waals surface area contributed by atoms with E-state index < -0.39 is 0 Å². The smallest absolute Gasteiger partial charge is 0.262 e. The van der Waals surface area contributed by atoms with Crippen molar-refractivity contribution < 1.29 is 14.3 Å². The number of rotatable bonds is 5. The fourth-order valence-corrected chi connectivity index (χ4v) is 4.22. The molecule has 0 fully saturated rings. The Hall–Kier alpha value is -2.87. The summed E-state index contributed by atoms with van der Waals surface area (Å²) in [7, 11) is 0. The SMILES string of the molecule is Cc1sc2ncn(CCC(=O)NC(C)c3ccc4c(c3)OCO4)c(=O)c2c1C. The number of aryl methyl sites for hydroxylation is 3. The Bertz CT molecular complexity index is 1120. The average Bonchev–Trinajstić information content (AvgIpc) is 3.25. The van der Waals surface area contributed by atoms with Gasteiger partial charge in [0.05, 0.1) is 17.8 Å². The molecule has 1 N–H and O–H groups in total. The van der Waals surface area contributed by atoms with Crippen molar-refractivity contribution in [2.45, 2.75) is 39.8 Å². The highest BCUT2D eigenvalue weighted by molar-refractivity contribution is 7.18. The van der Waals surface area contributed by atoms with Crippen LogP contribution in [0.15, 0.2) is 29.3 Å². The number of nitrogens with one attached hydrogen (secondary N) is 1. The van der Waals surface area contributed by atoms with E-state index in [1.54, 1.807) is 0 Å². The van der Waals surface area contributed by atoms with E-state index in [1.165, 1.54) is 22.2 Å². The van der Waals surface area contributed by atoms with Gasteiger partial charge in [-0.2, -0.15) is 0 Å². The average molecular weight is 399 g/mol. The lowest BCUT2D eigenvalue weighted by Gasteiger charge is -2.15. The van der Waals surface area contributed by atoms with E-state index in [9.17, 15) is 9.59 Å². The van der Waals surface area contributed by atoms with Crippen LogP contribution in [0.3, 0.4) is 0 Å². The van der Waals surface area contributed by atoms with Gasteiger partial charge in [0.2, 0.25) is 12.7 Å². The van der Waals surface area contributed by atoms with Gasteiger partial charge >= 0.3 is 0 Å². The molecule has 0 spiro atoms. The number of thiophene rings is 1. The third-order valence-electron chi connectivity index (χ3n) is 5.01. The van der Waals surface area contributed by atoms with Gasteiger partial charge in [-0.3, -0.25) is 14.2 Å². The van der Waals surface area contributed by atoms with Gasteiger partial charge in [0.1, 0.15) is 4.83 Å². The maximum atomic E-state index is 12.7. The van der Waals surface area contributed by atoms with Gasteiger partial charge in [0, 0.05) is 17.8 Å².